The maximum absolute atomic E-state index is 4.42. The third-order valence-electron chi connectivity index (χ3n) is 5.75. The molecule has 4 rings (SSSR count). The van der Waals surface area contributed by atoms with Crippen molar-refractivity contribution >= 4 is 5.95 Å². The normalized spacial score (nSPS) is 28.2. The second-order valence-corrected chi connectivity index (χ2v) is 7.39. The van der Waals surface area contributed by atoms with E-state index in [1.807, 2.05) is 31.4 Å². The third-order valence-corrected chi connectivity index (χ3v) is 5.75. The van der Waals surface area contributed by atoms with Crippen molar-refractivity contribution in [3.63, 3.8) is 0 Å². The molecule has 0 amide bonds. The minimum atomic E-state index is 0.591. The molecule has 0 spiro atoms. The van der Waals surface area contributed by atoms with E-state index in [4.69, 9.17) is 0 Å². The molecule has 1 heterocycles. The highest BCUT2D eigenvalue weighted by atomic mass is 15.2. The molecule has 0 radical (unpaired) electrons. The molecule has 1 N–H and O–H groups in total. The van der Waals surface area contributed by atoms with Crippen molar-refractivity contribution in [2.75, 3.05) is 19.0 Å². The molecule has 2 saturated carbocycles. The molecule has 1 aromatic carbocycles. The number of hydrogen-bond acceptors (Lipinski definition) is 4. The zero-order valence-electron chi connectivity index (χ0n) is 14.5. The van der Waals surface area contributed by atoms with Crippen molar-refractivity contribution < 1.29 is 0 Å². The molecule has 4 atom stereocenters. The third kappa shape index (κ3) is 2.80. The van der Waals surface area contributed by atoms with E-state index in [9.17, 15) is 0 Å². The Bertz CT molecular complexity index is 668. The van der Waals surface area contributed by atoms with Gasteiger partial charge in [0.05, 0.1) is 0 Å². The van der Waals surface area contributed by atoms with Crippen molar-refractivity contribution in [3.8, 4) is 0 Å². The van der Waals surface area contributed by atoms with Crippen LogP contribution in [-0.4, -0.2) is 30.1 Å². The van der Waals surface area contributed by atoms with Gasteiger partial charge in [-0.05, 0) is 30.2 Å². The predicted octanol–water partition coefficient (Wildman–Crippen LogP) is 3.21. The quantitative estimate of drug-likeness (QED) is 0.918. The monoisotopic (exact) mass is 322 g/mol. The average molecular weight is 322 g/mol. The highest BCUT2D eigenvalue weighted by Crippen LogP contribution is 2.55. The van der Waals surface area contributed by atoms with Gasteiger partial charge in [-0.15, -0.1) is 0 Å². The average Bonchev–Trinajstić information content (AvgIpc) is 3.00. The molecule has 0 bridgehead atoms. The van der Waals surface area contributed by atoms with E-state index in [0.717, 1.165) is 29.9 Å². The summed E-state index contributed by atoms with van der Waals surface area (Å²) in [5.41, 5.74) is 2.66. The first-order valence-corrected chi connectivity index (χ1v) is 9.00. The maximum Gasteiger partial charge on any atom is 0.224 e. The Balaban J connectivity index is 1.44. The van der Waals surface area contributed by atoms with Gasteiger partial charge in [-0.1, -0.05) is 36.8 Å². The van der Waals surface area contributed by atoms with Crippen LogP contribution in [0.4, 0.5) is 5.95 Å². The molecule has 0 aliphatic heterocycles. The zero-order chi connectivity index (χ0) is 16.5. The van der Waals surface area contributed by atoms with Crippen molar-refractivity contribution in [1.29, 1.82) is 0 Å². The Morgan fingerprint density at radius 2 is 1.75 bits per heavy atom. The van der Waals surface area contributed by atoms with Gasteiger partial charge in [0.2, 0.25) is 5.95 Å². The Labute approximate surface area is 144 Å². The van der Waals surface area contributed by atoms with Gasteiger partial charge in [0.25, 0.3) is 0 Å². The van der Waals surface area contributed by atoms with Gasteiger partial charge < -0.3 is 10.2 Å². The molecule has 4 nitrogen and oxygen atoms in total. The lowest BCUT2D eigenvalue weighted by Gasteiger charge is -2.50. The summed E-state index contributed by atoms with van der Waals surface area (Å²) >= 11 is 0. The van der Waals surface area contributed by atoms with Crippen LogP contribution in [0.15, 0.2) is 42.7 Å². The molecule has 4 heteroatoms. The number of nitrogens with zero attached hydrogens (tertiary/aromatic N) is 3. The van der Waals surface area contributed by atoms with Crippen molar-refractivity contribution in [2.45, 2.75) is 37.8 Å². The SMILES string of the molecule is CN(C)c1ncc(CN[C@@H]2[C@@H]3CCC[C@@H]3[C@H]2c2ccccc2)cn1. The number of anilines is 1. The van der Waals surface area contributed by atoms with Crippen LogP contribution >= 0.6 is 0 Å². The Morgan fingerprint density at radius 1 is 1.04 bits per heavy atom. The fraction of sp³-hybridized carbons (Fsp3) is 0.500. The molecular weight excluding hydrogens is 296 g/mol. The second kappa shape index (κ2) is 6.52. The van der Waals surface area contributed by atoms with Crippen molar-refractivity contribution in [2.24, 2.45) is 11.8 Å². The second-order valence-electron chi connectivity index (χ2n) is 7.39. The van der Waals surface area contributed by atoms with Gasteiger partial charge in [-0.2, -0.15) is 0 Å². The first-order valence-electron chi connectivity index (χ1n) is 9.00. The summed E-state index contributed by atoms with van der Waals surface area (Å²) in [4.78, 5) is 10.8. The number of nitrogens with one attached hydrogen (secondary N) is 1. The number of rotatable bonds is 5. The van der Waals surface area contributed by atoms with Gasteiger partial charge >= 0.3 is 0 Å². The van der Waals surface area contributed by atoms with Gasteiger partial charge in [0, 0.05) is 50.6 Å². The van der Waals surface area contributed by atoms with E-state index >= 15 is 0 Å². The van der Waals surface area contributed by atoms with E-state index in [2.05, 4.69) is 45.6 Å². The minimum Gasteiger partial charge on any atom is -0.347 e. The maximum atomic E-state index is 4.42. The van der Waals surface area contributed by atoms with E-state index in [-0.39, 0.29) is 0 Å². The zero-order valence-corrected chi connectivity index (χ0v) is 14.5. The first-order chi connectivity index (χ1) is 11.7. The summed E-state index contributed by atoms with van der Waals surface area (Å²) in [5, 5.41) is 3.81. The molecule has 24 heavy (non-hydrogen) atoms. The number of aromatic nitrogens is 2. The van der Waals surface area contributed by atoms with E-state index < -0.39 is 0 Å². The highest BCUT2D eigenvalue weighted by Gasteiger charge is 2.52. The van der Waals surface area contributed by atoms with Crippen molar-refractivity contribution in [3.05, 3.63) is 53.9 Å². The minimum absolute atomic E-state index is 0.591. The molecule has 0 unspecified atom stereocenters. The van der Waals surface area contributed by atoms with Crippen LogP contribution in [0.3, 0.4) is 0 Å². The summed E-state index contributed by atoms with van der Waals surface area (Å²) in [6, 6.07) is 11.6. The molecule has 2 aromatic rings. The lowest BCUT2D eigenvalue weighted by Crippen LogP contribution is -2.54. The van der Waals surface area contributed by atoms with Crippen LogP contribution in [0, 0.1) is 11.8 Å². The highest BCUT2D eigenvalue weighted by molar-refractivity contribution is 5.29. The Morgan fingerprint density at radius 3 is 2.46 bits per heavy atom. The van der Waals surface area contributed by atoms with Gasteiger partial charge in [-0.25, -0.2) is 9.97 Å². The van der Waals surface area contributed by atoms with Gasteiger partial charge in [0.1, 0.15) is 0 Å². The smallest absolute Gasteiger partial charge is 0.224 e. The molecule has 0 saturated heterocycles. The number of benzene rings is 1. The molecule has 1 aromatic heterocycles. The lowest BCUT2D eigenvalue weighted by molar-refractivity contribution is 0.0940. The van der Waals surface area contributed by atoms with Crippen LogP contribution in [0.25, 0.3) is 0 Å². The Kier molecular flexibility index (Phi) is 4.23. The van der Waals surface area contributed by atoms with E-state index in [1.165, 1.54) is 24.8 Å². The number of fused-ring (bicyclic) bond motifs is 1. The van der Waals surface area contributed by atoms with Crippen LogP contribution in [-0.2, 0) is 6.54 Å². The van der Waals surface area contributed by atoms with E-state index in [0.29, 0.717) is 12.0 Å². The van der Waals surface area contributed by atoms with E-state index in [1.54, 1.807) is 0 Å². The fourth-order valence-electron chi connectivity index (χ4n) is 4.61. The van der Waals surface area contributed by atoms with Gasteiger partial charge in [-0.3, -0.25) is 0 Å². The molecule has 2 fully saturated rings. The van der Waals surface area contributed by atoms with Gasteiger partial charge in [0.15, 0.2) is 0 Å². The van der Waals surface area contributed by atoms with Crippen LogP contribution in [0.5, 0.6) is 0 Å². The summed E-state index contributed by atoms with van der Waals surface area (Å²) in [5.74, 6) is 3.15. The summed E-state index contributed by atoms with van der Waals surface area (Å²) in [6.45, 7) is 0.852. The molecule has 2 aliphatic rings. The van der Waals surface area contributed by atoms with Crippen LogP contribution in [0.2, 0.25) is 0 Å². The first kappa shape index (κ1) is 15.6. The van der Waals surface area contributed by atoms with Crippen LogP contribution < -0.4 is 10.2 Å². The largest absolute Gasteiger partial charge is 0.347 e. The topological polar surface area (TPSA) is 41.1 Å². The number of hydrogen-bond donors (Lipinski definition) is 1. The molecule has 126 valence electrons. The lowest BCUT2D eigenvalue weighted by atomic mass is 9.60. The summed E-state index contributed by atoms with van der Waals surface area (Å²) in [7, 11) is 3.93. The van der Waals surface area contributed by atoms with Crippen LogP contribution in [0.1, 0.15) is 36.3 Å². The summed E-state index contributed by atoms with van der Waals surface area (Å²) < 4.78 is 0. The Hall–Kier alpha value is -1.94. The standard InChI is InChI=1S/C20H26N4/c1-24(2)20-22-12-14(13-23-20)11-21-19-17-10-6-9-16(17)18(19)15-7-4-3-5-8-15/h3-5,7-8,12-13,16-19,21H,6,9-11H2,1-2H3/t16-,17+,18+,19+/m0/s1. The molecule has 2 aliphatic carbocycles. The van der Waals surface area contributed by atoms with Crippen molar-refractivity contribution in [1.82, 2.24) is 15.3 Å². The molecular formula is C20H26N4. The fourth-order valence-corrected chi connectivity index (χ4v) is 4.61. The predicted molar refractivity (Wildman–Crippen MR) is 97.0 cm³/mol. The summed E-state index contributed by atoms with van der Waals surface area (Å²) in [6.07, 6.45) is 8.04.